The third-order valence-electron chi connectivity index (χ3n) is 13.5. The zero-order chi connectivity index (χ0) is 56.4. The van der Waals surface area contributed by atoms with Crippen LogP contribution in [0.5, 0.6) is 0 Å². The summed E-state index contributed by atoms with van der Waals surface area (Å²) in [5, 5.41) is 3.02. The van der Waals surface area contributed by atoms with Crippen molar-refractivity contribution in [3.8, 4) is 0 Å². The van der Waals surface area contributed by atoms with Crippen LogP contribution >= 0.6 is 7.82 Å². The number of likely N-dealkylation sites (N-methyl/N-ethyl adjacent to an activating group) is 1. The lowest BCUT2D eigenvalue weighted by atomic mass is 10.0. The van der Waals surface area contributed by atoms with Crippen molar-refractivity contribution in [2.24, 2.45) is 0 Å². The summed E-state index contributed by atoms with van der Waals surface area (Å²) in [5.74, 6) is -0.565. The van der Waals surface area contributed by atoms with Gasteiger partial charge in [0.1, 0.15) is 19.3 Å². The molecule has 0 rings (SSSR count). The second kappa shape index (κ2) is 56.2. The summed E-state index contributed by atoms with van der Waals surface area (Å²) in [6.45, 7) is 6.68. The van der Waals surface area contributed by atoms with Gasteiger partial charge < -0.3 is 28.5 Å². The predicted octanol–water partition coefficient (Wildman–Crippen LogP) is 18.9. The molecule has 0 aliphatic carbocycles. The number of hydrogen-bond acceptors (Lipinski definition) is 7. The maximum Gasteiger partial charge on any atom is 0.306 e. The number of amides is 1. The summed E-state index contributed by atoms with van der Waals surface area (Å²) < 4.78 is 30.3. The topological polar surface area (TPSA) is 114 Å². The van der Waals surface area contributed by atoms with E-state index >= 15 is 0 Å². The maximum absolute atomic E-state index is 13.5. The number of nitrogens with zero attached hydrogens (tertiary/aromatic N) is 1. The molecule has 0 spiro atoms. The minimum Gasteiger partial charge on any atom is -0.756 e. The molecular formula is C67H119N2O7P. The third kappa shape index (κ3) is 57.4. The van der Waals surface area contributed by atoms with Gasteiger partial charge >= 0.3 is 5.97 Å². The van der Waals surface area contributed by atoms with Gasteiger partial charge in [0, 0.05) is 12.8 Å². The highest BCUT2D eigenvalue weighted by molar-refractivity contribution is 7.45. The summed E-state index contributed by atoms with van der Waals surface area (Å²) in [4.78, 5) is 40.0. The monoisotopic (exact) mass is 1090 g/mol. The lowest BCUT2D eigenvalue weighted by Crippen LogP contribution is -2.47. The Kier molecular flexibility index (Phi) is 54.0. The number of phosphoric acid groups is 1. The van der Waals surface area contributed by atoms with Crippen molar-refractivity contribution in [2.45, 2.75) is 277 Å². The lowest BCUT2D eigenvalue weighted by molar-refractivity contribution is -0.870. The number of unbranched alkanes of at least 4 members (excludes halogenated alkanes) is 27. The summed E-state index contributed by atoms with van der Waals surface area (Å²) in [6, 6.07) is -0.901. The number of quaternary nitrogens is 1. The quantitative estimate of drug-likeness (QED) is 0.0161. The van der Waals surface area contributed by atoms with Crippen LogP contribution in [0, 0.1) is 0 Å². The van der Waals surface area contributed by atoms with Crippen molar-refractivity contribution in [2.75, 3.05) is 40.9 Å². The van der Waals surface area contributed by atoms with Crippen LogP contribution in [0.3, 0.4) is 0 Å². The van der Waals surface area contributed by atoms with Crippen molar-refractivity contribution in [3.05, 3.63) is 97.2 Å². The van der Waals surface area contributed by atoms with Gasteiger partial charge in [0.2, 0.25) is 5.91 Å². The number of carbonyl (C=O) groups is 2. The fourth-order valence-corrected chi connectivity index (χ4v) is 9.38. The van der Waals surface area contributed by atoms with Crippen LogP contribution in [0.15, 0.2) is 97.2 Å². The molecule has 0 saturated heterocycles. The van der Waals surface area contributed by atoms with Gasteiger partial charge in [0.25, 0.3) is 7.82 Å². The summed E-state index contributed by atoms with van der Waals surface area (Å²) >= 11 is 0. The van der Waals surface area contributed by atoms with E-state index in [-0.39, 0.29) is 24.9 Å². The lowest BCUT2D eigenvalue weighted by Gasteiger charge is -2.30. The van der Waals surface area contributed by atoms with Crippen LogP contribution in [0.2, 0.25) is 0 Å². The zero-order valence-corrected chi connectivity index (χ0v) is 51.5. The molecule has 9 nitrogen and oxygen atoms in total. The number of hydrogen-bond donors (Lipinski definition) is 1. The summed E-state index contributed by atoms with van der Waals surface area (Å²) in [7, 11) is 1.16. The Bertz CT molecular complexity index is 1640. The molecule has 0 bridgehead atoms. The number of allylic oxidation sites excluding steroid dienone is 15. The first-order valence-corrected chi connectivity index (χ1v) is 33.0. The van der Waals surface area contributed by atoms with Gasteiger partial charge in [-0.25, -0.2) is 0 Å². The Hall–Kier alpha value is -3.07. The molecule has 0 aromatic rings. The molecular weight excluding hydrogens is 976 g/mol. The molecule has 3 unspecified atom stereocenters. The fraction of sp³-hybridized carbons (Fsp3) is 0.731. The van der Waals surface area contributed by atoms with E-state index in [1.54, 1.807) is 0 Å². The molecule has 0 radical (unpaired) electrons. The van der Waals surface area contributed by atoms with E-state index in [9.17, 15) is 19.0 Å². The molecule has 444 valence electrons. The van der Waals surface area contributed by atoms with Gasteiger partial charge in [0.15, 0.2) is 0 Å². The largest absolute Gasteiger partial charge is 0.756 e. The third-order valence-corrected chi connectivity index (χ3v) is 14.5. The normalized spacial score (nSPS) is 14.3. The van der Waals surface area contributed by atoms with Crippen molar-refractivity contribution < 1.29 is 37.3 Å². The average molecular weight is 1100 g/mol. The first-order chi connectivity index (χ1) is 37.4. The van der Waals surface area contributed by atoms with E-state index < -0.39 is 26.6 Å². The standard InChI is InChI=1S/C67H119N2O7P/c1-7-10-13-16-19-22-25-27-29-30-31-32-33-34-35-36-37-38-40-42-45-48-51-54-57-60-67(71)76-65(58-55-52-49-46-43-24-21-18-15-12-9-3)64(63-75-77(72,73)74-62-61-69(4,5)6)68-66(70)59-56-53-50-47-44-41-39-28-26-23-20-17-14-11-8-2/h10,13,19-20,22-23,26-29,31-32,34-35,55,58,64-65H,7-9,11-12,14-18,21,24-25,30,33,36-54,56-57,59-63H2,1-6H3,(H-,68,70,72,73)/b13-10-,22-19-,23-20+,28-26+,29-27-,32-31-,35-34-,58-55-. The van der Waals surface area contributed by atoms with Crippen LogP contribution < -0.4 is 10.2 Å². The van der Waals surface area contributed by atoms with Crippen LogP contribution in [-0.4, -0.2) is 69.4 Å². The molecule has 0 saturated carbocycles. The van der Waals surface area contributed by atoms with Gasteiger partial charge in [-0.1, -0.05) is 247 Å². The molecule has 0 fully saturated rings. The Morgan fingerprint density at radius 1 is 0.481 bits per heavy atom. The fourth-order valence-electron chi connectivity index (χ4n) is 8.66. The molecule has 1 amide bonds. The zero-order valence-electron chi connectivity index (χ0n) is 50.6. The number of esters is 1. The van der Waals surface area contributed by atoms with Crippen LogP contribution in [0.1, 0.15) is 265 Å². The Morgan fingerprint density at radius 3 is 1.35 bits per heavy atom. The van der Waals surface area contributed by atoms with Gasteiger partial charge in [-0.15, -0.1) is 0 Å². The van der Waals surface area contributed by atoms with Crippen LogP contribution in [0.4, 0.5) is 0 Å². The molecule has 0 aromatic heterocycles. The van der Waals surface area contributed by atoms with E-state index in [1.807, 2.05) is 33.3 Å². The van der Waals surface area contributed by atoms with E-state index in [2.05, 4.69) is 111 Å². The summed E-state index contributed by atoms with van der Waals surface area (Å²) in [6.07, 6.45) is 75.2. The highest BCUT2D eigenvalue weighted by atomic mass is 31.2. The Labute approximate surface area is 475 Å². The van der Waals surface area contributed by atoms with E-state index in [0.29, 0.717) is 17.4 Å². The molecule has 0 aromatic carbocycles. The van der Waals surface area contributed by atoms with Crippen molar-refractivity contribution in [3.63, 3.8) is 0 Å². The van der Waals surface area contributed by atoms with E-state index in [4.69, 9.17) is 13.8 Å². The number of ether oxygens (including phenoxy) is 1. The van der Waals surface area contributed by atoms with Gasteiger partial charge in [0.05, 0.1) is 33.8 Å². The SMILES string of the molecule is CC/C=C\C/C=C\C/C=C\C/C=C\C/C=C\CCCCCCCCCCCC(=O)OC(/C=C\CCCCCCCCCCC)C(COP(=O)([O-])OCC[N+](C)(C)C)NC(=O)CCCCCCCC/C=C/C=C/CCCCC. The Morgan fingerprint density at radius 2 is 0.870 bits per heavy atom. The van der Waals surface area contributed by atoms with Gasteiger partial charge in [-0.3, -0.25) is 14.2 Å². The molecule has 0 aliphatic rings. The maximum atomic E-state index is 13.5. The first kappa shape index (κ1) is 73.9. The molecule has 1 N–H and O–H groups in total. The minimum absolute atomic E-state index is 0.0297. The van der Waals surface area contributed by atoms with Gasteiger partial charge in [-0.05, 0) is 102 Å². The number of nitrogens with one attached hydrogen (secondary N) is 1. The van der Waals surface area contributed by atoms with Crippen molar-refractivity contribution >= 4 is 19.7 Å². The smallest absolute Gasteiger partial charge is 0.306 e. The second-order valence-corrected chi connectivity index (χ2v) is 23.6. The van der Waals surface area contributed by atoms with Crippen LogP contribution in [-0.2, 0) is 27.9 Å². The van der Waals surface area contributed by atoms with Crippen molar-refractivity contribution in [1.82, 2.24) is 5.32 Å². The number of rotatable bonds is 56. The molecule has 77 heavy (non-hydrogen) atoms. The first-order valence-electron chi connectivity index (χ1n) is 31.6. The molecule has 0 heterocycles. The van der Waals surface area contributed by atoms with Crippen molar-refractivity contribution in [1.29, 1.82) is 0 Å². The van der Waals surface area contributed by atoms with Crippen LogP contribution in [0.25, 0.3) is 0 Å². The second-order valence-electron chi connectivity index (χ2n) is 22.2. The predicted molar refractivity (Wildman–Crippen MR) is 330 cm³/mol. The molecule has 10 heteroatoms. The molecule has 0 aliphatic heterocycles. The molecule has 3 atom stereocenters. The van der Waals surface area contributed by atoms with E-state index in [1.165, 1.54) is 96.3 Å². The summed E-state index contributed by atoms with van der Waals surface area (Å²) in [5.41, 5.74) is 0. The number of phosphoric ester groups is 1. The minimum atomic E-state index is -4.71. The van der Waals surface area contributed by atoms with E-state index in [0.717, 1.165) is 135 Å². The average Bonchev–Trinajstić information content (AvgIpc) is 3.39. The number of carbonyl (C=O) groups excluding carboxylic acids is 2. The highest BCUT2D eigenvalue weighted by Gasteiger charge is 2.27. The van der Waals surface area contributed by atoms with Gasteiger partial charge in [-0.2, -0.15) is 0 Å². The highest BCUT2D eigenvalue weighted by Crippen LogP contribution is 2.38. The Balaban J connectivity index is 5.15.